The maximum absolute atomic E-state index is 2.42. The van der Waals surface area contributed by atoms with Crippen molar-refractivity contribution >= 4 is 0 Å². The molecule has 0 atom stereocenters. The standard InChI is InChI=1S/C28H52N/c1-3-5-7-9-11-13-14-16-18-20-23-28-24-22-26-29(27-28)25-21-19-17-15-12-10-8-6-4-2/h22,24,26-27H,3-21,23,25H2,1-2H3/q+1. The Morgan fingerprint density at radius 3 is 1.52 bits per heavy atom. The fourth-order valence-electron chi connectivity index (χ4n) is 4.28. The summed E-state index contributed by atoms with van der Waals surface area (Å²) in [5.41, 5.74) is 1.53. The summed E-state index contributed by atoms with van der Waals surface area (Å²) in [6, 6.07) is 4.57. The molecule has 168 valence electrons. The first kappa shape index (κ1) is 26.2. The molecule has 0 aliphatic heterocycles. The molecule has 0 saturated carbocycles. The SMILES string of the molecule is CCCCCCCCCCCCc1ccc[n+](CCCCCCCCCCC)c1. The van der Waals surface area contributed by atoms with Crippen molar-refractivity contribution in [3.8, 4) is 0 Å². The molecular formula is C28H52N+. The van der Waals surface area contributed by atoms with Crippen molar-refractivity contribution in [3.63, 3.8) is 0 Å². The third-order valence-corrected chi connectivity index (χ3v) is 6.26. The van der Waals surface area contributed by atoms with E-state index in [1.807, 2.05) is 0 Å². The van der Waals surface area contributed by atoms with Crippen molar-refractivity contribution in [1.82, 2.24) is 0 Å². The molecule has 1 rings (SSSR count). The van der Waals surface area contributed by atoms with Crippen LogP contribution in [0.15, 0.2) is 24.5 Å². The smallest absolute Gasteiger partial charge is 0.171 e. The van der Waals surface area contributed by atoms with Crippen LogP contribution in [-0.4, -0.2) is 0 Å². The van der Waals surface area contributed by atoms with Gasteiger partial charge >= 0.3 is 0 Å². The largest absolute Gasteiger partial charge is 0.205 e. The van der Waals surface area contributed by atoms with E-state index in [9.17, 15) is 0 Å². The molecular weight excluding hydrogens is 350 g/mol. The van der Waals surface area contributed by atoms with Crippen molar-refractivity contribution < 1.29 is 4.57 Å². The third-order valence-electron chi connectivity index (χ3n) is 6.26. The van der Waals surface area contributed by atoms with Gasteiger partial charge in [0.2, 0.25) is 0 Å². The van der Waals surface area contributed by atoms with Gasteiger partial charge < -0.3 is 0 Å². The minimum absolute atomic E-state index is 1.20. The Hall–Kier alpha value is -0.850. The van der Waals surface area contributed by atoms with E-state index in [1.54, 1.807) is 0 Å². The van der Waals surface area contributed by atoms with Crippen LogP contribution in [0.3, 0.4) is 0 Å². The molecule has 0 bridgehead atoms. The van der Waals surface area contributed by atoms with E-state index in [4.69, 9.17) is 0 Å². The van der Waals surface area contributed by atoms with Gasteiger partial charge in [0, 0.05) is 18.1 Å². The lowest BCUT2D eigenvalue weighted by Gasteiger charge is -2.04. The average Bonchev–Trinajstić information content (AvgIpc) is 2.74. The van der Waals surface area contributed by atoms with Crippen LogP contribution in [0.5, 0.6) is 0 Å². The molecule has 0 saturated heterocycles. The molecule has 0 fully saturated rings. The lowest BCUT2D eigenvalue weighted by Crippen LogP contribution is -2.33. The average molecular weight is 403 g/mol. The van der Waals surface area contributed by atoms with E-state index in [0.29, 0.717) is 0 Å². The molecule has 0 aliphatic carbocycles. The summed E-state index contributed by atoms with van der Waals surface area (Å²) in [6.07, 6.45) is 32.9. The van der Waals surface area contributed by atoms with Crippen LogP contribution in [0.4, 0.5) is 0 Å². The maximum Gasteiger partial charge on any atom is 0.171 e. The van der Waals surface area contributed by atoms with E-state index in [-0.39, 0.29) is 0 Å². The Bertz CT molecular complexity index is 453. The third kappa shape index (κ3) is 16.6. The predicted molar refractivity (Wildman–Crippen MR) is 129 cm³/mol. The van der Waals surface area contributed by atoms with Gasteiger partial charge in [-0.1, -0.05) is 117 Å². The number of unbranched alkanes of at least 4 members (excludes halogenated alkanes) is 17. The van der Waals surface area contributed by atoms with E-state index in [1.165, 1.54) is 141 Å². The minimum Gasteiger partial charge on any atom is -0.205 e. The van der Waals surface area contributed by atoms with Gasteiger partial charge in [-0.05, 0) is 25.3 Å². The number of aryl methyl sites for hydroxylation is 2. The Morgan fingerprint density at radius 1 is 0.552 bits per heavy atom. The second kappa shape index (κ2) is 20.4. The molecule has 0 spiro atoms. The van der Waals surface area contributed by atoms with Crippen LogP contribution in [0.25, 0.3) is 0 Å². The van der Waals surface area contributed by atoms with Gasteiger partial charge in [0.25, 0.3) is 0 Å². The highest BCUT2D eigenvalue weighted by Gasteiger charge is 2.03. The van der Waals surface area contributed by atoms with E-state index < -0.39 is 0 Å². The topological polar surface area (TPSA) is 3.88 Å². The van der Waals surface area contributed by atoms with Crippen LogP contribution in [0.2, 0.25) is 0 Å². The molecule has 1 aromatic rings. The number of nitrogens with zero attached hydrogens (tertiary/aromatic N) is 1. The molecule has 1 heteroatoms. The van der Waals surface area contributed by atoms with Crippen LogP contribution >= 0.6 is 0 Å². The molecule has 1 aromatic heterocycles. The minimum atomic E-state index is 1.20. The van der Waals surface area contributed by atoms with Crippen molar-refractivity contribution in [1.29, 1.82) is 0 Å². The number of aromatic nitrogens is 1. The van der Waals surface area contributed by atoms with Gasteiger partial charge in [0.05, 0.1) is 0 Å². The van der Waals surface area contributed by atoms with Crippen molar-refractivity contribution in [2.45, 2.75) is 149 Å². The first-order chi connectivity index (χ1) is 14.4. The molecule has 29 heavy (non-hydrogen) atoms. The summed E-state index contributed by atoms with van der Waals surface area (Å²) in [5.74, 6) is 0. The summed E-state index contributed by atoms with van der Waals surface area (Å²) in [6.45, 7) is 5.79. The summed E-state index contributed by atoms with van der Waals surface area (Å²) >= 11 is 0. The first-order valence-electron chi connectivity index (χ1n) is 13.3. The second-order valence-electron chi connectivity index (χ2n) is 9.21. The zero-order chi connectivity index (χ0) is 20.8. The van der Waals surface area contributed by atoms with Gasteiger partial charge in [-0.25, -0.2) is 4.57 Å². The zero-order valence-electron chi connectivity index (χ0n) is 20.1. The van der Waals surface area contributed by atoms with E-state index in [2.05, 4.69) is 42.9 Å². The summed E-state index contributed by atoms with van der Waals surface area (Å²) in [4.78, 5) is 0. The molecule has 1 nitrogen and oxygen atoms in total. The van der Waals surface area contributed by atoms with Crippen LogP contribution in [0, 0.1) is 0 Å². The molecule has 0 radical (unpaired) electrons. The van der Waals surface area contributed by atoms with Gasteiger partial charge in [-0.15, -0.1) is 0 Å². The maximum atomic E-state index is 2.42. The van der Waals surface area contributed by atoms with Crippen LogP contribution in [0.1, 0.15) is 141 Å². The van der Waals surface area contributed by atoms with Crippen LogP contribution in [-0.2, 0) is 13.0 Å². The lowest BCUT2D eigenvalue weighted by atomic mass is 10.0. The van der Waals surface area contributed by atoms with E-state index in [0.717, 1.165) is 0 Å². The van der Waals surface area contributed by atoms with Crippen LogP contribution < -0.4 is 4.57 Å². The van der Waals surface area contributed by atoms with Gasteiger partial charge in [-0.2, -0.15) is 0 Å². The quantitative estimate of drug-likeness (QED) is 0.143. The van der Waals surface area contributed by atoms with Crippen molar-refractivity contribution in [3.05, 3.63) is 30.1 Å². The monoisotopic (exact) mass is 402 g/mol. The molecule has 1 heterocycles. The fraction of sp³-hybridized carbons (Fsp3) is 0.821. The summed E-state index contributed by atoms with van der Waals surface area (Å²) in [5, 5.41) is 0. The Labute approximate surface area is 183 Å². The van der Waals surface area contributed by atoms with Gasteiger partial charge in [0.15, 0.2) is 12.4 Å². The first-order valence-corrected chi connectivity index (χ1v) is 13.3. The van der Waals surface area contributed by atoms with E-state index >= 15 is 0 Å². The molecule has 0 unspecified atom stereocenters. The summed E-state index contributed by atoms with van der Waals surface area (Å²) < 4.78 is 2.42. The zero-order valence-corrected chi connectivity index (χ0v) is 20.1. The van der Waals surface area contributed by atoms with Gasteiger partial charge in [0.1, 0.15) is 6.54 Å². The Balaban J connectivity index is 1.98. The highest BCUT2D eigenvalue weighted by Crippen LogP contribution is 2.12. The number of hydrogen-bond donors (Lipinski definition) is 0. The fourth-order valence-corrected chi connectivity index (χ4v) is 4.28. The summed E-state index contributed by atoms with van der Waals surface area (Å²) in [7, 11) is 0. The highest BCUT2D eigenvalue weighted by molar-refractivity contribution is 5.05. The molecule has 0 N–H and O–H groups in total. The number of rotatable bonds is 21. The number of pyridine rings is 1. The van der Waals surface area contributed by atoms with Gasteiger partial charge in [-0.3, -0.25) is 0 Å². The molecule has 0 aliphatic rings. The highest BCUT2D eigenvalue weighted by atomic mass is 14.9. The number of hydrogen-bond acceptors (Lipinski definition) is 0. The Kier molecular flexibility index (Phi) is 18.4. The normalized spacial score (nSPS) is 11.2. The predicted octanol–water partition coefficient (Wildman–Crippen LogP) is 8.97. The van der Waals surface area contributed by atoms with Crippen molar-refractivity contribution in [2.75, 3.05) is 0 Å². The molecule has 0 aromatic carbocycles. The Morgan fingerprint density at radius 2 is 1.00 bits per heavy atom. The van der Waals surface area contributed by atoms with Crippen molar-refractivity contribution in [2.24, 2.45) is 0 Å². The molecule has 0 amide bonds. The second-order valence-corrected chi connectivity index (χ2v) is 9.21. The lowest BCUT2D eigenvalue weighted by molar-refractivity contribution is -0.697.